The van der Waals surface area contributed by atoms with Gasteiger partial charge in [0, 0.05) is 23.2 Å². The summed E-state index contributed by atoms with van der Waals surface area (Å²) < 4.78 is 5.92. The average molecular weight is 443 g/mol. The Morgan fingerprint density at radius 2 is 2.09 bits per heavy atom. The van der Waals surface area contributed by atoms with Gasteiger partial charge in [-0.25, -0.2) is 0 Å². The van der Waals surface area contributed by atoms with Gasteiger partial charge in [-0.1, -0.05) is 18.2 Å². The SMILES string of the molecule is CN=C(NCc1ccc(C)s1)NCC1Cc2ccccc2O1.I. The van der Waals surface area contributed by atoms with Gasteiger partial charge in [-0.3, -0.25) is 4.99 Å². The van der Waals surface area contributed by atoms with E-state index in [9.17, 15) is 0 Å². The number of ether oxygens (including phenoxy) is 1. The van der Waals surface area contributed by atoms with Crippen molar-refractivity contribution in [1.29, 1.82) is 0 Å². The largest absolute Gasteiger partial charge is 0.488 e. The topological polar surface area (TPSA) is 45.7 Å². The van der Waals surface area contributed by atoms with Gasteiger partial charge in [0.2, 0.25) is 0 Å². The van der Waals surface area contributed by atoms with Crippen LogP contribution in [0.25, 0.3) is 0 Å². The monoisotopic (exact) mass is 443 g/mol. The molecule has 23 heavy (non-hydrogen) atoms. The molecule has 1 aromatic heterocycles. The quantitative estimate of drug-likeness (QED) is 0.433. The molecule has 0 spiro atoms. The van der Waals surface area contributed by atoms with Crippen molar-refractivity contribution in [2.24, 2.45) is 4.99 Å². The van der Waals surface area contributed by atoms with Gasteiger partial charge in [0.15, 0.2) is 5.96 Å². The molecule has 3 rings (SSSR count). The number of fused-ring (bicyclic) bond motifs is 1. The molecule has 0 saturated carbocycles. The van der Waals surface area contributed by atoms with Crippen LogP contribution in [0.1, 0.15) is 15.3 Å². The summed E-state index contributed by atoms with van der Waals surface area (Å²) in [6.07, 6.45) is 1.12. The second-order valence-electron chi connectivity index (χ2n) is 5.37. The fourth-order valence-corrected chi connectivity index (χ4v) is 3.38. The van der Waals surface area contributed by atoms with E-state index in [0.717, 1.165) is 31.2 Å². The predicted octanol–water partition coefficient (Wildman–Crippen LogP) is 3.34. The average Bonchev–Trinajstić information content (AvgIpc) is 3.13. The molecule has 1 aliphatic rings. The summed E-state index contributed by atoms with van der Waals surface area (Å²) in [7, 11) is 1.79. The number of hydrogen-bond acceptors (Lipinski definition) is 3. The number of nitrogens with one attached hydrogen (secondary N) is 2. The number of hydrogen-bond donors (Lipinski definition) is 2. The smallest absolute Gasteiger partial charge is 0.191 e. The molecular formula is C17H22IN3OS. The Morgan fingerprint density at radius 3 is 2.78 bits per heavy atom. The number of para-hydroxylation sites is 1. The molecule has 2 N–H and O–H groups in total. The van der Waals surface area contributed by atoms with Gasteiger partial charge in [-0.15, -0.1) is 35.3 Å². The second-order valence-corrected chi connectivity index (χ2v) is 6.74. The third-order valence-corrected chi connectivity index (χ3v) is 4.66. The summed E-state index contributed by atoms with van der Waals surface area (Å²) in [6.45, 7) is 3.66. The standard InChI is InChI=1S/C17H21N3OS.HI/c1-12-7-8-15(22-12)11-20-17(18-2)19-10-14-9-13-5-3-4-6-16(13)21-14;/h3-8,14H,9-11H2,1-2H3,(H2,18,19,20);1H. The Balaban J connectivity index is 0.00000192. The zero-order valence-electron chi connectivity index (χ0n) is 13.3. The lowest BCUT2D eigenvalue weighted by Crippen LogP contribution is -2.41. The minimum absolute atomic E-state index is 0. The molecule has 0 radical (unpaired) electrons. The van der Waals surface area contributed by atoms with Crippen LogP contribution < -0.4 is 15.4 Å². The van der Waals surface area contributed by atoms with Crippen LogP contribution in [0.2, 0.25) is 0 Å². The van der Waals surface area contributed by atoms with Crippen molar-refractivity contribution in [3.8, 4) is 5.75 Å². The fraction of sp³-hybridized carbons (Fsp3) is 0.353. The van der Waals surface area contributed by atoms with E-state index in [1.54, 1.807) is 18.4 Å². The molecule has 0 amide bonds. The summed E-state index contributed by atoms with van der Waals surface area (Å²) in [5.41, 5.74) is 1.28. The van der Waals surface area contributed by atoms with E-state index >= 15 is 0 Å². The van der Waals surface area contributed by atoms with Gasteiger partial charge in [0.05, 0.1) is 13.1 Å². The molecule has 0 saturated heterocycles. The minimum atomic E-state index is 0. The van der Waals surface area contributed by atoms with Crippen LogP contribution in [0.5, 0.6) is 5.75 Å². The fourth-order valence-electron chi connectivity index (χ4n) is 2.55. The summed E-state index contributed by atoms with van der Waals surface area (Å²) >= 11 is 1.81. The first kappa shape index (κ1) is 18.1. The van der Waals surface area contributed by atoms with Crippen LogP contribution in [-0.4, -0.2) is 25.7 Å². The minimum Gasteiger partial charge on any atom is -0.488 e. The van der Waals surface area contributed by atoms with E-state index < -0.39 is 0 Å². The van der Waals surface area contributed by atoms with E-state index in [1.807, 2.05) is 12.1 Å². The molecule has 1 aromatic carbocycles. The number of benzene rings is 1. The zero-order valence-corrected chi connectivity index (χ0v) is 16.5. The maximum absolute atomic E-state index is 5.92. The number of halogens is 1. The van der Waals surface area contributed by atoms with Crippen molar-refractivity contribution in [1.82, 2.24) is 10.6 Å². The summed E-state index contributed by atoms with van der Waals surface area (Å²) in [4.78, 5) is 6.90. The van der Waals surface area contributed by atoms with Gasteiger partial charge in [0.1, 0.15) is 11.9 Å². The summed E-state index contributed by atoms with van der Waals surface area (Å²) in [6, 6.07) is 12.5. The maximum Gasteiger partial charge on any atom is 0.191 e. The number of aliphatic imine (C=N–C) groups is 1. The Kier molecular flexibility index (Phi) is 6.71. The van der Waals surface area contributed by atoms with Crippen LogP contribution in [0, 0.1) is 6.92 Å². The Hall–Kier alpha value is -1.28. The number of nitrogens with zero attached hydrogens (tertiary/aromatic N) is 1. The number of thiophene rings is 1. The lowest BCUT2D eigenvalue weighted by molar-refractivity contribution is 0.235. The van der Waals surface area contributed by atoms with Crippen LogP contribution in [0.15, 0.2) is 41.4 Å². The highest BCUT2D eigenvalue weighted by Gasteiger charge is 2.22. The zero-order chi connectivity index (χ0) is 15.4. The molecule has 0 aliphatic carbocycles. The van der Waals surface area contributed by atoms with Crippen LogP contribution in [0.3, 0.4) is 0 Å². The van der Waals surface area contributed by atoms with E-state index in [1.165, 1.54) is 15.3 Å². The Labute approximate surface area is 158 Å². The van der Waals surface area contributed by atoms with Crippen molar-refractivity contribution >= 4 is 41.3 Å². The molecule has 4 nitrogen and oxygen atoms in total. The highest BCUT2D eigenvalue weighted by Crippen LogP contribution is 2.27. The van der Waals surface area contributed by atoms with Crippen LogP contribution in [-0.2, 0) is 13.0 Å². The molecule has 1 unspecified atom stereocenters. The molecule has 124 valence electrons. The lowest BCUT2D eigenvalue weighted by Gasteiger charge is -2.15. The number of guanidine groups is 1. The van der Waals surface area contributed by atoms with Crippen molar-refractivity contribution in [3.05, 3.63) is 51.7 Å². The van der Waals surface area contributed by atoms with Gasteiger partial charge in [-0.2, -0.15) is 0 Å². The number of aryl methyl sites for hydroxylation is 1. The molecule has 0 fully saturated rings. The Bertz CT molecular complexity index is 646. The molecule has 1 aliphatic heterocycles. The van der Waals surface area contributed by atoms with Crippen LogP contribution >= 0.6 is 35.3 Å². The van der Waals surface area contributed by atoms with Crippen molar-refractivity contribution in [2.75, 3.05) is 13.6 Å². The maximum atomic E-state index is 5.92. The summed E-state index contributed by atoms with van der Waals surface area (Å²) in [5.74, 6) is 1.82. The second kappa shape index (κ2) is 8.54. The first-order chi connectivity index (χ1) is 10.7. The first-order valence-corrected chi connectivity index (χ1v) is 8.30. The van der Waals surface area contributed by atoms with E-state index in [-0.39, 0.29) is 30.1 Å². The third kappa shape index (κ3) is 4.84. The van der Waals surface area contributed by atoms with E-state index in [2.05, 4.69) is 46.8 Å². The number of rotatable bonds is 4. The van der Waals surface area contributed by atoms with Gasteiger partial charge in [0.25, 0.3) is 0 Å². The first-order valence-electron chi connectivity index (χ1n) is 7.49. The molecule has 6 heteroatoms. The van der Waals surface area contributed by atoms with Crippen molar-refractivity contribution in [3.63, 3.8) is 0 Å². The normalized spacial score (nSPS) is 16.3. The van der Waals surface area contributed by atoms with Crippen molar-refractivity contribution < 1.29 is 4.74 Å². The van der Waals surface area contributed by atoms with Gasteiger partial charge >= 0.3 is 0 Å². The van der Waals surface area contributed by atoms with Gasteiger partial charge < -0.3 is 15.4 Å². The predicted molar refractivity (Wildman–Crippen MR) is 107 cm³/mol. The third-order valence-electron chi connectivity index (χ3n) is 3.66. The van der Waals surface area contributed by atoms with Crippen molar-refractivity contribution in [2.45, 2.75) is 26.0 Å². The highest BCUT2D eigenvalue weighted by molar-refractivity contribution is 14.0. The molecule has 2 heterocycles. The van der Waals surface area contributed by atoms with Gasteiger partial charge in [-0.05, 0) is 30.7 Å². The van der Waals surface area contributed by atoms with E-state index in [4.69, 9.17) is 4.74 Å². The lowest BCUT2D eigenvalue weighted by atomic mass is 10.1. The molecule has 0 bridgehead atoms. The van der Waals surface area contributed by atoms with E-state index in [0.29, 0.717) is 0 Å². The molecule has 2 aromatic rings. The highest BCUT2D eigenvalue weighted by atomic mass is 127. The molecular weight excluding hydrogens is 421 g/mol. The van der Waals surface area contributed by atoms with Crippen LogP contribution in [0.4, 0.5) is 0 Å². The summed E-state index contributed by atoms with van der Waals surface area (Å²) in [5, 5.41) is 6.68. The Morgan fingerprint density at radius 1 is 1.26 bits per heavy atom. The molecule has 1 atom stereocenters.